The highest BCUT2D eigenvalue weighted by Gasteiger charge is 2.44. The number of nitrogen functional groups attached to an aromatic ring is 1. The van der Waals surface area contributed by atoms with E-state index < -0.39 is 23.2 Å². The molecule has 0 amide bonds. The average Bonchev–Trinajstić information content (AvgIpc) is 2.93. The number of carbonyl (C=O) groups excluding carboxylic acids is 2. The fourth-order valence-electron chi connectivity index (χ4n) is 5.28. The fourth-order valence-corrected chi connectivity index (χ4v) is 5.28. The first-order chi connectivity index (χ1) is 19.4. The number of Topliss-reactive ketones (excluding diaryl/α,β-unsaturated/α-hetero) is 1. The van der Waals surface area contributed by atoms with E-state index >= 15 is 0 Å². The number of allylic oxidation sites excluding steroid dienone is 1. The highest BCUT2D eigenvalue weighted by Crippen LogP contribution is 2.36. The first-order valence-electron chi connectivity index (χ1n) is 13.6. The maximum absolute atomic E-state index is 14.3. The predicted octanol–water partition coefficient (Wildman–Crippen LogP) is 5.79. The van der Waals surface area contributed by atoms with Crippen molar-refractivity contribution in [3.05, 3.63) is 81.6 Å². The van der Waals surface area contributed by atoms with Crippen LogP contribution in [0.4, 0.5) is 14.5 Å². The van der Waals surface area contributed by atoms with Crippen LogP contribution >= 0.6 is 0 Å². The molecule has 0 saturated carbocycles. The Bertz CT molecular complexity index is 1590. The summed E-state index contributed by atoms with van der Waals surface area (Å²) in [5.41, 5.74) is 7.86. The number of anilines is 1. The number of cyclic esters (lactones) is 1. The maximum atomic E-state index is 14.3. The van der Waals surface area contributed by atoms with Crippen LogP contribution in [0.5, 0.6) is 5.75 Å². The summed E-state index contributed by atoms with van der Waals surface area (Å²) in [4.78, 5) is 29.9. The van der Waals surface area contributed by atoms with Gasteiger partial charge in [0.2, 0.25) is 0 Å². The van der Waals surface area contributed by atoms with Gasteiger partial charge in [-0.3, -0.25) is 4.79 Å². The minimum atomic E-state index is -1.94. The van der Waals surface area contributed by atoms with Crippen LogP contribution in [-0.4, -0.2) is 34.1 Å². The lowest BCUT2D eigenvalue weighted by Gasteiger charge is -2.32. The summed E-state index contributed by atoms with van der Waals surface area (Å²) in [5, 5.41) is 12.1. The van der Waals surface area contributed by atoms with Gasteiger partial charge in [-0.15, -0.1) is 0 Å². The molecule has 216 valence electrons. The number of nitrogens with two attached hydrogens (primary N) is 1. The van der Waals surface area contributed by atoms with Crippen LogP contribution in [0, 0.1) is 11.6 Å². The third-order valence-corrected chi connectivity index (χ3v) is 7.56. The SMILES string of the molecule is CCc1c(/C(C)=C/C2=C(C(C)=O)COC(=O)[C@]2(O)CC)nc2ccc(OCc3c(F)cc(N)cc3F)cc2c1CC. The van der Waals surface area contributed by atoms with E-state index in [9.17, 15) is 23.5 Å². The van der Waals surface area contributed by atoms with Crippen LogP contribution in [0.3, 0.4) is 0 Å². The monoisotopic (exact) mass is 564 g/mol. The van der Waals surface area contributed by atoms with E-state index in [1.807, 2.05) is 20.8 Å². The van der Waals surface area contributed by atoms with Crippen molar-refractivity contribution in [1.82, 2.24) is 4.98 Å². The van der Waals surface area contributed by atoms with Crippen LogP contribution in [0.25, 0.3) is 16.5 Å². The number of hydrogen-bond donors (Lipinski definition) is 2. The standard InChI is InChI=1S/C32H34F2N2O5/c1-6-21-22(7-2)30(17(4)11-26-24(18(5)37)15-41-31(38)32(26,39)8-3)36-29-10-9-20(14-23(21)29)40-16-25-27(33)12-19(35)13-28(25)34/h9-14,39H,6-8,15-16,35H2,1-5H3/b17-11+/t32-/m0/s1. The topological polar surface area (TPSA) is 112 Å². The summed E-state index contributed by atoms with van der Waals surface area (Å²) >= 11 is 0. The van der Waals surface area contributed by atoms with E-state index in [0.29, 0.717) is 35.4 Å². The zero-order chi connectivity index (χ0) is 30.1. The number of ketones is 1. The molecule has 4 rings (SSSR count). The second-order valence-electron chi connectivity index (χ2n) is 10.1. The van der Waals surface area contributed by atoms with Gasteiger partial charge in [-0.1, -0.05) is 20.8 Å². The van der Waals surface area contributed by atoms with Gasteiger partial charge in [0.15, 0.2) is 11.4 Å². The molecule has 0 spiro atoms. The molecule has 0 saturated heterocycles. The Kier molecular flexibility index (Phi) is 8.58. The molecule has 1 atom stereocenters. The molecule has 1 aromatic heterocycles. The molecular formula is C32H34F2N2O5. The number of aromatic nitrogens is 1. The van der Waals surface area contributed by atoms with Crippen molar-refractivity contribution in [1.29, 1.82) is 0 Å². The number of halogens is 2. The first kappa shape index (κ1) is 29.9. The molecule has 0 bridgehead atoms. The maximum Gasteiger partial charge on any atom is 0.343 e. The summed E-state index contributed by atoms with van der Waals surface area (Å²) in [7, 11) is 0. The van der Waals surface area contributed by atoms with Crippen molar-refractivity contribution >= 4 is 33.9 Å². The van der Waals surface area contributed by atoms with Crippen LogP contribution in [0.2, 0.25) is 0 Å². The summed E-state index contributed by atoms with van der Waals surface area (Å²) in [6.45, 7) is 8.39. The summed E-state index contributed by atoms with van der Waals surface area (Å²) in [6, 6.07) is 7.37. The third-order valence-electron chi connectivity index (χ3n) is 7.56. The fraction of sp³-hybridized carbons (Fsp3) is 0.344. The second-order valence-corrected chi connectivity index (χ2v) is 10.1. The van der Waals surface area contributed by atoms with Gasteiger partial charge in [-0.25, -0.2) is 18.6 Å². The van der Waals surface area contributed by atoms with Gasteiger partial charge in [0.25, 0.3) is 0 Å². The Balaban J connectivity index is 1.80. The lowest BCUT2D eigenvalue weighted by atomic mass is 9.82. The molecule has 0 aliphatic carbocycles. The molecule has 1 aliphatic heterocycles. The minimum absolute atomic E-state index is 0.00282. The van der Waals surface area contributed by atoms with Crippen LogP contribution in [0.1, 0.15) is 63.4 Å². The lowest BCUT2D eigenvalue weighted by Crippen LogP contribution is -2.46. The largest absolute Gasteiger partial charge is 0.489 e. The molecule has 0 radical (unpaired) electrons. The van der Waals surface area contributed by atoms with Crippen molar-refractivity contribution in [2.24, 2.45) is 0 Å². The van der Waals surface area contributed by atoms with Gasteiger partial charge in [-0.05, 0) is 86.2 Å². The first-order valence-corrected chi connectivity index (χ1v) is 13.6. The van der Waals surface area contributed by atoms with Gasteiger partial charge in [0.05, 0.1) is 16.8 Å². The number of aliphatic hydroxyl groups is 1. The van der Waals surface area contributed by atoms with Gasteiger partial charge in [-0.2, -0.15) is 0 Å². The molecule has 9 heteroatoms. The number of rotatable bonds is 9. The number of fused-ring (bicyclic) bond motifs is 1. The molecule has 0 unspecified atom stereocenters. The molecule has 2 heterocycles. The van der Waals surface area contributed by atoms with Crippen LogP contribution in [-0.2, 0) is 33.8 Å². The van der Waals surface area contributed by atoms with Crippen molar-refractivity contribution in [2.45, 2.75) is 66.1 Å². The number of hydrogen-bond acceptors (Lipinski definition) is 7. The lowest BCUT2D eigenvalue weighted by molar-refractivity contribution is -0.163. The van der Waals surface area contributed by atoms with Gasteiger partial charge in [0.1, 0.15) is 30.6 Å². The number of aryl methyl sites for hydroxylation is 1. The molecule has 3 N–H and O–H groups in total. The molecule has 3 aromatic rings. The minimum Gasteiger partial charge on any atom is -0.489 e. The van der Waals surface area contributed by atoms with Gasteiger partial charge >= 0.3 is 5.97 Å². The summed E-state index contributed by atoms with van der Waals surface area (Å²) in [6.07, 6.45) is 3.01. The number of pyridine rings is 1. The number of nitrogens with zero attached hydrogens (tertiary/aromatic N) is 1. The van der Waals surface area contributed by atoms with E-state index in [2.05, 4.69) is 0 Å². The van der Waals surface area contributed by atoms with Crippen molar-refractivity contribution in [3.8, 4) is 5.75 Å². The summed E-state index contributed by atoms with van der Waals surface area (Å²) < 4.78 is 39.4. The summed E-state index contributed by atoms with van der Waals surface area (Å²) in [5.74, 6) is -2.19. The van der Waals surface area contributed by atoms with Crippen LogP contribution in [0.15, 0.2) is 47.6 Å². The molecule has 1 aliphatic rings. The Morgan fingerprint density at radius 3 is 2.34 bits per heavy atom. The molecular weight excluding hydrogens is 530 g/mol. The molecule has 7 nitrogen and oxygen atoms in total. The highest BCUT2D eigenvalue weighted by molar-refractivity contribution is 6.00. The Labute approximate surface area is 237 Å². The average molecular weight is 565 g/mol. The van der Waals surface area contributed by atoms with E-state index in [4.69, 9.17) is 20.2 Å². The van der Waals surface area contributed by atoms with E-state index in [1.54, 1.807) is 31.2 Å². The van der Waals surface area contributed by atoms with Crippen LogP contribution < -0.4 is 10.5 Å². The Morgan fingerprint density at radius 2 is 1.76 bits per heavy atom. The second kappa shape index (κ2) is 11.8. The molecule has 0 fully saturated rings. The Hall–Kier alpha value is -4.11. The van der Waals surface area contributed by atoms with Crippen molar-refractivity contribution < 1.29 is 33.0 Å². The highest BCUT2D eigenvalue weighted by atomic mass is 19.1. The quantitative estimate of drug-likeness (QED) is 0.250. The van der Waals surface area contributed by atoms with Gasteiger partial charge < -0.3 is 20.3 Å². The zero-order valence-corrected chi connectivity index (χ0v) is 23.9. The smallest absolute Gasteiger partial charge is 0.343 e. The normalized spacial score (nSPS) is 17.7. The van der Waals surface area contributed by atoms with Gasteiger partial charge in [0, 0.05) is 22.2 Å². The number of ether oxygens (including phenoxy) is 2. The zero-order valence-electron chi connectivity index (χ0n) is 23.9. The Morgan fingerprint density at radius 1 is 1.10 bits per heavy atom. The third kappa shape index (κ3) is 5.59. The van der Waals surface area contributed by atoms with Crippen molar-refractivity contribution in [3.63, 3.8) is 0 Å². The van der Waals surface area contributed by atoms with Crippen molar-refractivity contribution in [2.75, 3.05) is 12.3 Å². The predicted molar refractivity (Wildman–Crippen MR) is 153 cm³/mol. The molecule has 2 aromatic carbocycles. The number of benzene rings is 2. The number of carbonyl (C=O) groups is 2. The number of esters is 1. The van der Waals surface area contributed by atoms with E-state index in [0.717, 1.165) is 28.6 Å². The van der Waals surface area contributed by atoms with E-state index in [1.165, 1.54) is 6.92 Å². The molecule has 41 heavy (non-hydrogen) atoms. The van der Waals surface area contributed by atoms with E-state index in [-0.39, 0.29) is 47.8 Å².